The number of cyclic esters (lactones) is 1. The van der Waals surface area contributed by atoms with Gasteiger partial charge in [0.2, 0.25) is 11.8 Å². The molecule has 0 spiro atoms. The van der Waals surface area contributed by atoms with Crippen molar-refractivity contribution in [3.8, 4) is 0 Å². The number of hydrogen-bond acceptors (Lipinski definition) is 6. The SMILES string of the molecule is O=C1N[C@@H](COCc2ccccc2)COC(=O)[C@@H](Cc2ccccc2)CCCC=CC[C@@H]1CC(=O)N(CCO)Cc1ccccc1. The molecule has 0 radical (unpaired) electrons. The summed E-state index contributed by atoms with van der Waals surface area (Å²) in [6.07, 6.45) is 7.17. The molecule has 46 heavy (non-hydrogen) atoms. The minimum absolute atomic E-state index is 0.0143. The van der Waals surface area contributed by atoms with E-state index in [9.17, 15) is 19.5 Å². The molecule has 8 heteroatoms. The Hall–Kier alpha value is -4.27. The van der Waals surface area contributed by atoms with Gasteiger partial charge in [-0.2, -0.15) is 0 Å². The lowest BCUT2D eigenvalue weighted by Gasteiger charge is -2.26. The topological polar surface area (TPSA) is 105 Å². The van der Waals surface area contributed by atoms with Crippen LogP contribution < -0.4 is 5.32 Å². The van der Waals surface area contributed by atoms with Crippen LogP contribution >= 0.6 is 0 Å². The van der Waals surface area contributed by atoms with Gasteiger partial charge in [0.05, 0.1) is 37.7 Å². The fourth-order valence-corrected chi connectivity index (χ4v) is 5.55. The molecule has 1 aliphatic rings. The number of esters is 1. The van der Waals surface area contributed by atoms with Crippen molar-refractivity contribution in [1.82, 2.24) is 10.2 Å². The number of carbonyl (C=O) groups is 3. The van der Waals surface area contributed by atoms with Crippen LogP contribution in [0.3, 0.4) is 0 Å². The third kappa shape index (κ3) is 11.9. The number of amides is 2. The lowest BCUT2D eigenvalue weighted by atomic mass is 9.93. The van der Waals surface area contributed by atoms with E-state index in [1.54, 1.807) is 4.90 Å². The molecular formula is C38H46N2O6. The second kappa shape index (κ2) is 19.3. The molecule has 2 amide bonds. The number of aliphatic hydroxyl groups excluding tert-OH is 1. The van der Waals surface area contributed by atoms with Crippen molar-refractivity contribution >= 4 is 17.8 Å². The Morgan fingerprint density at radius 2 is 1.52 bits per heavy atom. The third-order valence-corrected chi connectivity index (χ3v) is 8.10. The van der Waals surface area contributed by atoms with E-state index in [2.05, 4.69) is 5.32 Å². The van der Waals surface area contributed by atoms with Gasteiger partial charge in [-0.3, -0.25) is 14.4 Å². The Kier molecular flexibility index (Phi) is 14.5. The van der Waals surface area contributed by atoms with Crippen molar-refractivity contribution in [2.24, 2.45) is 11.8 Å². The summed E-state index contributed by atoms with van der Waals surface area (Å²) in [4.78, 5) is 42.1. The van der Waals surface area contributed by atoms with Gasteiger partial charge in [0.15, 0.2) is 0 Å². The van der Waals surface area contributed by atoms with Gasteiger partial charge in [0.1, 0.15) is 6.61 Å². The van der Waals surface area contributed by atoms with Crippen LogP contribution in [0.5, 0.6) is 0 Å². The maximum atomic E-state index is 13.7. The number of hydrogen-bond donors (Lipinski definition) is 2. The highest BCUT2D eigenvalue weighted by Gasteiger charge is 2.28. The van der Waals surface area contributed by atoms with Crippen molar-refractivity contribution in [3.63, 3.8) is 0 Å². The molecule has 0 aromatic heterocycles. The zero-order valence-corrected chi connectivity index (χ0v) is 26.5. The Labute approximate surface area is 272 Å². The van der Waals surface area contributed by atoms with Gasteiger partial charge in [-0.15, -0.1) is 0 Å². The number of rotatable bonds is 12. The maximum absolute atomic E-state index is 13.7. The van der Waals surface area contributed by atoms with E-state index in [-0.39, 0.29) is 56.5 Å². The molecule has 1 aliphatic heterocycles. The number of aliphatic hydroxyl groups is 1. The summed E-state index contributed by atoms with van der Waals surface area (Å²) in [7, 11) is 0. The summed E-state index contributed by atoms with van der Waals surface area (Å²) in [5.74, 6) is -1.74. The van der Waals surface area contributed by atoms with E-state index < -0.39 is 12.0 Å². The number of ether oxygens (including phenoxy) is 2. The van der Waals surface area contributed by atoms with E-state index in [1.807, 2.05) is 103 Å². The highest BCUT2D eigenvalue weighted by molar-refractivity contribution is 5.86. The fraction of sp³-hybridized carbons (Fsp3) is 0.395. The lowest BCUT2D eigenvalue weighted by Crippen LogP contribution is -2.46. The number of benzene rings is 3. The number of carbonyl (C=O) groups excluding carboxylic acids is 3. The summed E-state index contributed by atoms with van der Waals surface area (Å²) >= 11 is 0. The average Bonchev–Trinajstić information content (AvgIpc) is 3.08. The highest BCUT2D eigenvalue weighted by atomic mass is 16.5. The molecule has 0 fully saturated rings. The molecule has 244 valence electrons. The first-order chi connectivity index (χ1) is 22.5. The predicted molar refractivity (Wildman–Crippen MR) is 177 cm³/mol. The Bertz CT molecular complexity index is 1370. The van der Waals surface area contributed by atoms with E-state index in [0.29, 0.717) is 32.4 Å². The summed E-state index contributed by atoms with van der Waals surface area (Å²) in [6, 6.07) is 28.6. The molecule has 4 rings (SSSR count). The second-order valence-electron chi connectivity index (χ2n) is 11.8. The Balaban J connectivity index is 1.48. The van der Waals surface area contributed by atoms with Gasteiger partial charge in [-0.05, 0) is 48.8 Å². The van der Waals surface area contributed by atoms with Crippen molar-refractivity contribution in [3.05, 3.63) is 120 Å². The highest BCUT2D eigenvalue weighted by Crippen LogP contribution is 2.20. The largest absolute Gasteiger partial charge is 0.463 e. The van der Waals surface area contributed by atoms with E-state index in [1.165, 1.54) is 0 Å². The van der Waals surface area contributed by atoms with Crippen LogP contribution in [-0.2, 0) is 43.4 Å². The molecule has 0 saturated heterocycles. The van der Waals surface area contributed by atoms with Crippen molar-refractivity contribution in [2.75, 3.05) is 26.4 Å². The summed E-state index contributed by atoms with van der Waals surface area (Å²) in [6.45, 7) is 0.795. The van der Waals surface area contributed by atoms with Crippen molar-refractivity contribution < 1.29 is 29.0 Å². The van der Waals surface area contributed by atoms with Crippen molar-refractivity contribution in [1.29, 1.82) is 0 Å². The van der Waals surface area contributed by atoms with E-state index in [0.717, 1.165) is 29.5 Å². The molecule has 3 aromatic rings. The van der Waals surface area contributed by atoms with Crippen LogP contribution in [0, 0.1) is 11.8 Å². The van der Waals surface area contributed by atoms with E-state index in [4.69, 9.17) is 9.47 Å². The summed E-state index contributed by atoms with van der Waals surface area (Å²) in [5.41, 5.74) is 3.01. The minimum atomic E-state index is -0.637. The Morgan fingerprint density at radius 3 is 2.20 bits per heavy atom. The zero-order chi connectivity index (χ0) is 32.4. The number of allylic oxidation sites excluding steroid dienone is 2. The molecule has 0 saturated carbocycles. The number of nitrogens with zero attached hydrogens (tertiary/aromatic N) is 1. The summed E-state index contributed by atoms with van der Waals surface area (Å²) in [5, 5.41) is 12.7. The molecule has 1 heterocycles. The predicted octanol–water partition coefficient (Wildman–Crippen LogP) is 5.25. The molecule has 8 nitrogen and oxygen atoms in total. The smallest absolute Gasteiger partial charge is 0.309 e. The van der Waals surface area contributed by atoms with Gasteiger partial charge < -0.3 is 24.8 Å². The standard InChI is InChI=1S/C38H46N2O6/c41-23-22-40(26-31-16-8-4-9-17-31)36(42)25-33-20-12-1-2-13-21-34(24-30-14-6-3-7-15-30)38(44)46-29-35(39-37(33)43)28-45-27-32-18-10-5-11-19-32/h1,3-12,14-19,33-35,41H,2,13,20-29H2,(H,39,43)/t33-,34-,35+/m1/s1. The Morgan fingerprint density at radius 1 is 0.870 bits per heavy atom. The van der Waals surface area contributed by atoms with Crippen LogP contribution in [0.15, 0.2) is 103 Å². The van der Waals surface area contributed by atoms with E-state index >= 15 is 0 Å². The normalized spacial score (nSPS) is 19.5. The molecular weight excluding hydrogens is 580 g/mol. The zero-order valence-electron chi connectivity index (χ0n) is 26.5. The van der Waals surface area contributed by atoms with Gasteiger partial charge in [-0.25, -0.2) is 0 Å². The maximum Gasteiger partial charge on any atom is 0.309 e. The van der Waals surface area contributed by atoms with Crippen LogP contribution in [0.25, 0.3) is 0 Å². The third-order valence-electron chi connectivity index (χ3n) is 8.10. The first kappa shape index (κ1) is 34.6. The molecule has 3 aromatic carbocycles. The van der Waals surface area contributed by atoms with Crippen LogP contribution in [0.4, 0.5) is 0 Å². The molecule has 2 N–H and O–H groups in total. The quantitative estimate of drug-likeness (QED) is 0.210. The molecule has 3 atom stereocenters. The number of nitrogens with one attached hydrogen (secondary N) is 1. The summed E-state index contributed by atoms with van der Waals surface area (Å²) < 4.78 is 11.8. The molecule has 0 unspecified atom stereocenters. The first-order valence-corrected chi connectivity index (χ1v) is 16.2. The first-order valence-electron chi connectivity index (χ1n) is 16.2. The minimum Gasteiger partial charge on any atom is -0.463 e. The lowest BCUT2D eigenvalue weighted by molar-refractivity contribution is -0.151. The van der Waals surface area contributed by atoms with Gasteiger partial charge in [0.25, 0.3) is 0 Å². The van der Waals surface area contributed by atoms with Crippen LogP contribution in [0.2, 0.25) is 0 Å². The monoisotopic (exact) mass is 626 g/mol. The fourth-order valence-electron chi connectivity index (χ4n) is 5.55. The van der Waals surface area contributed by atoms with Crippen molar-refractivity contribution in [2.45, 2.75) is 57.7 Å². The van der Waals surface area contributed by atoms with Crippen LogP contribution in [-0.4, -0.2) is 60.2 Å². The van der Waals surface area contributed by atoms with Gasteiger partial charge >= 0.3 is 5.97 Å². The van der Waals surface area contributed by atoms with Gasteiger partial charge in [-0.1, -0.05) is 103 Å². The average molecular weight is 627 g/mol. The van der Waals surface area contributed by atoms with Crippen LogP contribution in [0.1, 0.15) is 48.8 Å². The van der Waals surface area contributed by atoms with Gasteiger partial charge in [0, 0.05) is 19.5 Å². The molecule has 0 bridgehead atoms. The second-order valence-corrected chi connectivity index (χ2v) is 11.8. The molecule has 0 aliphatic carbocycles.